The fourth-order valence-corrected chi connectivity index (χ4v) is 4.87. The van der Waals surface area contributed by atoms with Crippen LogP contribution in [0.5, 0.6) is 0 Å². The highest BCUT2D eigenvalue weighted by Gasteiger charge is 2.42. The highest BCUT2D eigenvalue weighted by molar-refractivity contribution is 5.78. The summed E-state index contributed by atoms with van der Waals surface area (Å²) >= 11 is 0. The molecule has 0 radical (unpaired) electrons. The Kier molecular flexibility index (Phi) is 5.09. The maximum absolute atomic E-state index is 12.4. The smallest absolute Gasteiger partial charge is 0.314 e. The lowest BCUT2D eigenvalue weighted by Crippen LogP contribution is -2.46. The number of nitrogens with two attached hydrogens (primary N) is 1. The van der Waals surface area contributed by atoms with Gasteiger partial charge in [-0.25, -0.2) is 4.79 Å². The lowest BCUT2D eigenvalue weighted by molar-refractivity contribution is -0.123. The molecule has 1 saturated heterocycles. The molecular formula is C17H30N4O2. The molecule has 4 atom stereocenters. The van der Waals surface area contributed by atoms with Crippen LogP contribution in [-0.4, -0.2) is 60.5 Å². The van der Waals surface area contributed by atoms with Gasteiger partial charge in [0.15, 0.2) is 0 Å². The standard InChI is InChI=1S/C17H30N4O2/c1-12(15-10-13-3-4-14(15)9-13)19-16(22)11-20-5-2-6-21(8-7-20)17(18)23/h12-15H,2-11H2,1H3,(H2,18,23)(H,19,22)/t12-,13-,14-,15+/m0/s1. The minimum Gasteiger partial charge on any atom is -0.352 e. The molecule has 0 spiro atoms. The van der Waals surface area contributed by atoms with Crippen LogP contribution in [0.15, 0.2) is 0 Å². The molecule has 3 fully saturated rings. The van der Waals surface area contributed by atoms with Crippen LogP contribution in [0.1, 0.15) is 39.0 Å². The number of fused-ring (bicyclic) bond motifs is 2. The van der Waals surface area contributed by atoms with Gasteiger partial charge in [0.1, 0.15) is 0 Å². The third-order valence-electron chi connectivity index (χ3n) is 6.09. The Bertz CT molecular complexity index is 456. The zero-order valence-corrected chi connectivity index (χ0v) is 14.2. The molecule has 130 valence electrons. The molecule has 2 aliphatic carbocycles. The average molecular weight is 322 g/mol. The third kappa shape index (κ3) is 3.97. The van der Waals surface area contributed by atoms with Crippen LogP contribution in [0.25, 0.3) is 0 Å². The van der Waals surface area contributed by atoms with Crippen LogP contribution in [0.3, 0.4) is 0 Å². The molecule has 0 aromatic heterocycles. The van der Waals surface area contributed by atoms with E-state index in [9.17, 15) is 9.59 Å². The molecular weight excluding hydrogens is 292 g/mol. The molecule has 0 unspecified atom stereocenters. The largest absolute Gasteiger partial charge is 0.352 e. The number of urea groups is 1. The number of amides is 3. The maximum atomic E-state index is 12.4. The van der Waals surface area contributed by atoms with E-state index >= 15 is 0 Å². The van der Waals surface area contributed by atoms with E-state index < -0.39 is 0 Å². The SMILES string of the molecule is C[C@H](NC(=O)CN1CCCN(C(N)=O)CC1)[C@H]1C[C@H]2CC[C@H]1C2. The van der Waals surface area contributed by atoms with Crippen molar-refractivity contribution in [2.24, 2.45) is 23.5 Å². The van der Waals surface area contributed by atoms with Crippen molar-refractivity contribution in [2.45, 2.75) is 45.1 Å². The normalized spacial score (nSPS) is 32.6. The second-order valence-corrected chi connectivity index (χ2v) is 7.65. The number of nitrogens with zero attached hydrogens (tertiary/aromatic N) is 2. The van der Waals surface area contributed by atoms with Gasteiger partial charge in [0.25, 0.3) is 0 Å². The molecule has 0 aromatic carbocycles. The first-order valence-electron chi connectivity index (χ1n) is 9.09. The Hall–Kier alpha value is -1.30. The minimum atomic E-state index is -0.360. The second-order valence-electron chi connectivity index (χ2n) is 7.65. The molecule has 3 amide bonds. The Labute approximate surface area is 138 Å². The molecule has 23 heavy (non-hydrogen) atoms. The van der Waals surface area contributed by atoms with Gasteiger partial charge in [-0.2, -0.15) is 0 Å². The molecule has 0 aromatic rings. The van der Waals surface area contributed by atoms with Gasteiger partial charge in [0, 0.05) is 32.2 Å². The molecule has 6 heteroatoms. The number of nitrogens with one attached hydrogen (secondary N) is 1. The quantitative estimate of drug-likeness (QED) is 0.811. The zero-order chi connectivity index (χ0) is 16.4. The van der Waals surface area contributed by atoms with E-state index in [0.717, 1.165) is 31.3 Å². The molecule has 3 aliphatic rings. The van der Waals surface area contributed by atoms with Gasteiger partial charge in [-0.15, -0.1) is 0 Å². The molecule has 1 heterocycles. The summed E-state index contributed by atoms with van der Waals surface area (Å²) in [5.74, 6) is 2.53. The van der Waals surface area contributed by atoms with Crippen LogP contribution in [0, 0.1) is 17.8 Å². The second kappa shape index (κ2) is 7.07. The Morgan fingerprint density at radius 3 is 2.65 bits per heavy atom. The van der Waals surface area contributed by atoms with Gasteiger partial charge in [-0.3, -0.25) is 9.69 Å². The summed E-state index contributed by atoms with van der Waals surface area (Å²) in [5, 5.41) is 3.22. The lowest BCUT2D eigenvalue weighted by atomic mass is 9.84. The number of rotatable bonds is 4. The fourth-order valence-electron chi connectivity index (χ4n) is 4.87. The molecule has 2 saturated carbocycles. The van der Waals surface area contributed by atoms with Crippen molar-refractivity contribution in [1.29, 1.82) is 0 Å². The van der Waals surface area contributed by atoms with Crippen molar-refractivity contribution in [3.05, 3.63) is 0 Å². The summed E-state index contributed by atoms with van der Waals surface area (Å²) in [6, 6.07) is -0.0758. The van der Waals surface area contributed by atoms with E-state index in [-0.39, 0.29) is 18.0 Å². The number of carbonyl (C=O) groups is 2. The van der Waals surface area contributed by atoms with Gasteiger partial charge in [0.05, 0.1) is 6.54 Å². The highest BCUT2D eigenvalue weighted by atomic mass is 16.2. The van der Waals surface area contributed by atoms with E-state index in [2.05, 4.69) is 17.1 Å². The number of carbonyl (C=O) groups excluding carboxylic acids is 2. The average Bonchev–Trinajstić information content (AvgIpc) is 3.05. The monoisotopic (exact) mass is 322 g/mol. The van der Waals surface area contributed by atoms with E-state index in [4.69, 9.17) is 5.73 Å². The molecule has 2 bridgehead atoms. The summed E-state index contributed by atoms with van der Waals surface area (Å²) in [6.45, 7) is 5.47. The number of hydrogen-bond acceptors (Lipinski definition) is 3. The highest BCUT2D eigenvalue weighted by Crippen LogP contribution is 2.49. The van der Waals surface area contributed by atoms with Crippen molar-refractivity contribution in [1.82, 2.24) is 15.1 Å². The lowest BCUT2D eigenvalue weighted by Gasteiger charge is -2.29. The summed E-state index contributed by atoms with van der Waals surface area (Å²) < 4.78 is 0. The first kappa shape index (κ1) is 16.6. The van der Waals surface area contributed by atoms with E-state index in [1.807, 2.05) is 0 Å². The molecule has 6 nitrogen and oxygen atoms in total. The molecule has 3 N–H and O–H groups in total. The summed E-state index contributed by atoms with van der Waals surface area (Å²) in [6.07, 6.45) is 6.29. The van der Waals surface area contributed by atoms with Gasteiger partial charge < -0.3 is 16.0 Å². The van der Waals surface area contributed by atoms with Crippen LogP contribution < -0.4 is 11.1 Å². The van der Waals surface area contributed by atoms with Crippen molar-refractivity contribution in [2.75, 3.05) is 32.7 Å². The van der Waals surface area contributed by atoms with Gasteiger partial charge >= 0.3 is 6.03 Å². The van der Waals surface area contributed by atoms with Crippen LogP contribution in [0.2, 0.25) is 0 Å². The summed E-state index contributed by atoms with van der Waals surface area (Å²) in [4.78, 5) is 27.4. The molecule has 1 aliphatic heterocycles. The zero-order valence-electron chi connectivity index (χ0n) is 14.2. The summed E-state index contributed by atoms with van der Waals surface area (Å²) in [7, 11) is 0. The maximum Gasteiger partial charge on any atom is 0.314 e. The first-order valence-corrected chi connectivity index (χ1v) is 9.09. The predicted octanol–water partition coefficient (Wildman–Crippen LogP) is 1.01. The van der Waals surface area contributed by atoms with Crippen molar-refractivity contribution >= 4 is 11.9 Å². The third-order valence-corrected chi connectivity index (χ3v) is 6.09. The van der Waals surface area contributed by atoms with E-state index in [0.29, 0.717) is 25.6 Å². The van der Waals surface area contributed by atoms with Crippen LogP contribution in [0.4, 0.5) is 4.79 Å². The Morgan fingerprint density at radius 1 is 1.17 bits per heavy atom. The van der Waals surface area contributed by atoms with Crippen molar-refractivity contribution in [3.8, 4) is 0 Å². The van der Waals surface area contributed by atoms with Crippen molar-refractivity contribution < 1.29 is 9.59 Å². The molecule has 3 rings (SSSR count). The fraction of sp³-hybridized carbons (Fsp3) is 0.882. The van der Waals surface area contributed by atoms with E-state index in [1.54, 1.807) is 4.90 Å². The Morgan fingerprint density at radius 2 is 2.00 bits per heavy atom. The number of hydrogen-bond donors (Lipinski definition) is 2. The predicted molar refractivity (Wildman–Crippen MR) is 88.8 cm³/mol. The van der Waals surface area contributed by atoms with Crippen molar-refractivity contribution in [3.63, 3.8) is 0 Å². The van der Waals surface area contributed by atoms with Gasteiger partial charge in [-0.1, -0.05) is 6.42 Å². The summed E-state index contributed by atoms with van der Waals surface area (Å²) in [5.41, 5.74) is 5.34. The topological polar surface area (TPSA) is 78.7 Å². The van der Waals surface area contributed by atoms with Crippen LogP contribution >= 0.6 is 0 Å². The first-order chi connectivity index (χ1) is 11.0. The van der Waals surface area contributed by atoms with E-state index in [1.165, 1.54) is 25.7 Å². The Balaban J connectivity index is 1.43. The number of primary amides is 1. The van der Waals surface area contributed by atoms with Crippen LogP contribution in [-0.2, 0) is 4.79 Å². The minimum absolute atomic E-state index is 0.118. The van der Waals surface area contributed by atoms with Gasteiger partial charge in [-0.05, 0) is 50.4 Å². The van der Waals surface area contributed by atoms with Gasteiger partial charge in [0.2, 0.25) is 5.91 Å².